The normalized spacial score (nSPS) is 19.0. The summed E-state index contributed by atoms with van der Waals surface area (Å²) in [6.07, 6.45) is 0.599. The van der Waals surface area contributed by atoms with E-state index >= 15 is 0 Å². The summed E-state index contributed by atoms with van der Waals surface area (Å²) in [5.41, 5.74) is 1.48. The predicted octanol–water partition coefficient (Wildman–Crippen LogP) is 5.42. The minimum atomic E-state index is -1.80. The molecule has 7 rings (SSSR count). The van der Waals surface area contributed by atoms with Gasteiger partial charge < -0.3 is 0 Å². The Labute approximate surface area is 285 Å². The number of esters is 1. The van der Waals surface area contributed by atoms with Crippen LogP contribution in [-0.4, -0.2) is 86.8 Å². The zero-order valence-electron chi connectivity index (χ0n) is 25.1. The maximum absolute atomic E-state index is 14.5. The Morgan fingerprint density at radius 3 is 1.93 bits per heavy atom. The monoisotopic (exact) mass is 805 g/mol. The van der Waals surface area contributed by atoms with Gasteiger partial charge in [-0.1, -0.05) is 0 Å². The van der Waals surface area contributed by atoms with Crippen LogP contribution in [0.3, 0.4) is 0 Å². The number of nitrogens with zero attached hydrogens (tertiary/aromatic N) is 1. The van der Waals surface area contributed by atoms with Gasteiger partial charge in [0.05, 0.1) is 0 Å². The standard InChI is InChI=1S/C32H33As2NO6S4/c1-31(2,3)41-25(38)9-6-14-35-30(39)19-7-4-5-8-20(19)32(35)21-10-12-23(36)26(33-42-15-16-43-33)28(21)40-29-22(32)11-13-24(37)27(29)34-44-17-18-45-34/h4-5,7-8,10-13,36-37H,6,9,14-18H2,1-3H3. The predicted molar refractivity (Wildman–Crippen MR) is 189 cm³/mol. The Hall–Kier alpha value is -1.48. The van der Waals surface area contributed by atoms with Gasteiger partial charge in [0.1, 0.15) is 0 Å². The molecule has 1 amide bonds. The number of phenolic OH excluding ortho intramolecular Hbond substituents is 2. The zero-order valence-corrected chi connectivity index (χ0v) is 32.1. The van der Waals surface area contributed by atoms with Crippen molar-refractivity contribution in [2.24, 2.45) is 0 Å². The molecule has 4 aliphatic rings. The molecule has 0 bridgehead atoms. The van der Waals surface area contributed by atoms with Crippen molar-refractivity contribution in [2.75, 3.05) is 29.6 Å². The molecule has 3 aromatic carbocycles. The van der Waals surface area contributed by atoms with Crippen LogP contribution in [0.15, 0.2) is 48.5 Å². The SMILES string of the molecule is CC(C)(C)OC(=O)CCCN1C(=O)c2ccccc2C12c1ccc(O)c([As]3SCCS3)c1Oc1c2ccc(O)c1[As]1SCCS1. The Morgan fingerprint density at radius 1 is 0.867 bits per heavy atom. The summed E-state index contributed by atoms with van der Waals surface area (Å²) in [5.74, 6) is 5.43. The maximum atomic E-state index is 14.5. The molecular formula is C32H33As2NO6S4. The first-order chi connectivity index (χ1) is 21.6. The van der Waals surface area contributed by atoms with Gasteiger partial charge in [-0.25, -0.2) is 0 Å². The molecule has 45 heavy (non-hydrogen) atoms. The average Bonchev–Trinajstić information content (AvgIpc) is 3.76. The van der Waals surface area contributed by atoms with Gasteiger partial charge in [-0.15, -0.1) is 0 Å². The number of benzene rings is 3. The molecule has 0 unspecified atom stereocenters. The van der Waals surface area contributed by atoms with E-state index < -0.39 is 35.8 Å². The van der Waals surface area contributed by atoms with E-state index in [1.165, 1.54) is 0 Å². The molecule has 3 aromatic rings. The van der Waals surface area contributed by atoms with Gasteiger partial charge >= 0.3 is 288 Å². The molecular weight excluding hydrogens is 772 g/mol. The van der Waals surface area contributed by atoms with Crippen molar-refractivity contribution in [3.05, 3.63) is 70.8 Å². The summed E-state index contributed by atoms with van der Waals surface area (Å²) >= 11 is -3.61. The van der Waals surface area contributed by atoms with Crippen molar-refractivity contribution < 1.29 is 29.3 Å². The number of hydrogen-bond acceptors (Lipinski definition) is 10. The van der Waals surface area contributed by atoms with Crippen LogP contribution in [-0.2, 0) is 15.1 Å². The second-order valence-electron chi connectivity index (χ2n) is 12.0. The molecule has 0 saturated carbocycles. The third kappa shape index (κ3) is 5.51. The average molecular weight is 806 g/mol. The molecule has 4 heterocycles. The third-order valence-corrected chi connectivity index (χ3v) is 35.2. The van der Waals surface area contributed by atoms with Crippen LogP contribution < -0.4 is 13.4 Å². The molecule has 236 valence electrons. The van der Waals surface area contributed by atoms with Gasteiger partial charge in [0, 0.05) is 0 Å². The van der Waals surface area contributed by atoms with Gasteiger partial charge in [0.2, 0.25) is 0 Å². The molecule has 2 N–H and O–H groups in total. The first-order valence-corrected chi connectivity index (χ1v) is 29.6. The first kappa shape index (κ1) is 32.1. The van der Waals surface area contributed by atoms with Crippen molar-refractivity contribution in [2.45, 2.75) is 44.8 Å². The van der Waals surface area contributed by atoms with Crippen molar-refractivity contribution in [3.63, 3.8) is 0 Å². The number of aromatic hydroxyl groups is 2. The molecule has 13 heteroatoms. The van der Waals surface area contributed by atoms with E-state index in [0.717, 1.165) is 48.4 Å². The Bertz CT molecular complexity index is 1620. The second-order valence-corrected chi connectivity index (χ2v) is 35.2. The number of carbonyl (C=O) groups excluding carboxylic acids is 2. The summed E-state index contributed by atoms with van der Waals surface area (Å²) in [7, 11) is 7.70. The van der Waals surface area contributed by atoms with Gasteiger partial charge in [-0.3, -0.25) is 0 Å². The fraction of sp³-hybridized carbons (Fsp3) is 0.375. The number of fused-ring (bicyclic) bond motifs is 6. The molecule has 2 fully saturated rings. The summed E-state index contributed by atoms with van der Waals surface area (Å²) < 4.78 is 14.3. The van der Waals surface area contributed by atoms with Gasteiger partial charge in [-0.2, -0.15) is 0 Å². The molecule has 0 aromatic heterocycles. The van der Waals surface area contributed by atoms with Crippen molar-refractivity contribution in [1.29, 1.82) is 0 Å². The Kier molecular flexibility index (Phi) is 8.92. The summed E-state index contributed by atoms with van der Waals surface area (Å²) in [4.78, 5) is 29.1. The molecule has 0 atom stereocenters. The van der Waals surface area contributed by atoms with E-state index in [2.05, 4.69) is 0 Å². The molecule has 0 aliphatic carbocycles. The topological polar surface area (TPSA) is 96.3 Å². The second kappa shape index (κ2) is 12.5. The number of rotatable bonds is 6. The molecule has 4 aliphatic heterocycles. The van der Waals surface area contributed by atoms with E-state index in [0.29, 0.717) is 30.0 Å². The van der Waals surface area contributed by atoms with Crippen LogP contribution in [0, 0.1) is 0 Å². The summed E-state index contributed by atoms with van der Waals surface area (Å²) in [6.45, 7) is 5.87. The number of phenols is 2. The number of ether oxygens (including phenoxy) is 2. The van der Waals surface area contributed by atoms with E-state index in [9.17, 15) is 19.8 Å². The molecule has 2 saturated heterocycles. The zero-order chi connectivity index (χ0) is 31.5. The van der Waals surface area contributed by atoms with Crippen LogP contribution in [0.2, 0.25) is 0 Å². The molecule has 7 nitrogen and oxygen atoms in total. The Morgan fingerprint density at radius 2 is 1.40 bits per heavy atom. The van der Waals surface area contributed by atoms with Crippen LogP contribution >= 0.6 is 40.1 Å². The van der Waals surface area contributed by atoms with Gasteiger partial charge in [-0.05, 0) is 0 Å². The van der Waals surface area contributed by atoms with Gasteiger partial charge in [0.15, 0.2) is 0 Å². The van der Waals surface area contributed by atoms with Crippen molar-refractivity contribution in [1.82, 2.24) is 4.90 Å². The van der Waals surface area contributed by atoms with Crippen molar-refractivity contribution in [3.8, 4) is 23.0 Å². The van der Waals surface area contributed by atoms with Crippen LogP contribution in [0.1, 0.15) is 60.7 Å². The fourth-order valence-electron chi connectivity index (χ4n) is 6.36. The van der Waals surface area contributed by atoms with Crippen LogP contribution in [0.4, 0.5) is 0 Å². The first-order valence-electron chi connectivity index (χ1n) is 14.8. The number of hydrogen-bond donors (Lipinski definition) is 2. The van der Waals surface area contributed by atoms with Gasteiger partial charge in [0.25, 0.3) is 0 Å². The van der Waals surface area contributed by atoms with E-state index in [-0.39, 0.29) is 29.8 Å². The van der Waals surface area contributed by atoms with Crippen molar-refractivity contribution >= 4 is 85.4 Å². The number of carbonyl (C=O) groups is 2. The van der Waals surface area contributed by atoms with E-state index in [4.69, 9.17) is 9.47 Å². The number of amides is 1. The quantitative estimate of drug-likeness (QED) is 0.249. The van der Waals surface area contributed by atoms with Crippen LogP contribution in [0.5, 0.6) is 23.0 Å². The third-order valence-electron chi connectivity index (χ3n) is 7.95. The molecule has 1 spiro atoms. The van der Waals surface area contributed by atoms with E-state index in [1.54, 1.807) is 12.1 Å². The summed E-state index contributed by atoms with van der Waals surface area (Å²) in [5, 5.41) is 22.8. The van der Waals surface area contributed by atoms with Crippen LogP contribution in [0.25, 0.3) is 0 Å². The summed E-state index contributed by atoms with van der Waals surface area (Å²) in [6, 6.07) is 15.1. The fourth-order valence-corrected chi connectivity index (χ4v) is 36.0. The Balaban J connectivity index is 1.46. The minimum absolute atomic E-state index is 0.109. The molecule has 0 radical (unpaired) electrons. The van der Waals surface area contributed by atoms with E-state index in [1.807, 2.05) is 102 Å².